The molecule has 29 heavy (non-hydrogen) atoms. The Morgan fingerprint density at radius 1 is 1.17 bits per heavy atom. The van der Waals surface area contributed by atoms with Crippen molar-refractivity contribution in [2.45, 2.75) is 51.1 Å². The van der Waals surface area contributed by atoms with Crippen LogP contribution in [0.25, 0.3) is 10.2 Å². The minimum absolute atomic E-state index is 0.0377. The van der Waals surface area contributed by atoms with E-state index in [1.807, 2.05) is 13.0 Å². The van der Waals surface area contributed by atoms with E-state index >= 15 is 0 Å². The normalized spacial score (nSPS) is 20.1. The molecular weight excluding hydrogens is 390 g/mol. The molecule has 2 aliphatic heterocycles. The van der Waals surface area contributed by atoms with Gasteiger partial charge in [-0.2, -0.15) is 0 Å². The number of fused-ring (bicyclic) bond motifs is 1. The fourth-order valence-electron chi connectivity index (χ4n) is 4.61. The number of rotatable bonds is 4. The average Bonchev–Trinajstić information content (AvgIpc) is 3.12. The number of hydrogen-bond acceptors (Lipinski definition) is 6. The molecule has 2 aromatic heterocycles. The van der Waals surface area contributed by atoms with E-state index in [4.69, 9.17) is 5.73 Å². The second kappa shape index (κ2) is 7.87. The summed E-state index contributed by atoms with van der Waals surface area (Å²) in [5.41, 5.74) is 4.98. The van der Waals surface area contributed by atoms with E-state index in [-0.39, 0.29) is 23.9 Å². The summed E-state index contributed by atoms with van der Waals surface area (Å²) in [6.45, 7) is 4.61. The molecule has 8 nitrogen and oxygen atoms in total. The molecule has 4 rings (SSSR count). The summed E-state index contributed by atoms with van der Waals surface area (Å²) >= 11 is 1.47. The van der Waals surface area contributed by atoms with Crippen LogP contribution in [0.5, 0.6) is 0 Å². The Hall–Kier alpha value is -2.26. The van der Waals surface area contributed by atoms with Gasteiger partial charge < -0.3 is 10.6 Å². The standard InChI is InChI=1S/C20H27N5O3S/c1-14-11-15-17(29-14)22-13-24(18(15)27)12-16(26)23-9-5-20(6-10-23,19(21)28)25-7-3-2-4-8-25/h11,13H,2-10,12H2,1H3,(H2,21,28). The molecule has 0 unspecified atom stereocenters. The van der Waals surface area contributed by atoms with Crippen LogP contribution in [0.2, 0.25) is 0 Å². The van der Waals surface area contributed by atoms with Crippen molar-refractivity contribution in [2.75, 3.05) is 26.2 Å². The van der Waals surface area contributed by atoms with Crippen molar-refractivity contribution in [1.82, 2.24) is 19.4 Å². The molecule has 2 saturated heterocycles. The molecule has 2 fully saturated rings. The Kier molecular flexibility index (Phi) is 5.44. The maximum atomic E-state index is 12.8. The first-order chi connectivity index (χ1) is 13.9. The number of likely N-dealkylation sites (tertiary alicyclic amines) is 2. The predicted molar refractivity (Wildman–Crippen MR) is 112 cm³/mol. The lowest BCUT2D eigenvalue weighted by atomic mass is 9.83. The number of carbonyl (C=O) groups excluding carboxylic acids is 2. The van der Waals surface area contributed by atoms with Gasteiger partial charge in [-0.05, 0) is 51.8 Å². The molecule has 9 heteroatoms. The van der Waals surface area contributed by atoms with Crippen LogP contribution >= 0.6 is 11.3 Å². The van der Waals surface area contributed by atoms with Crippen LogP contribution < -0.4 is 11.3 Å². The number of hydrogen-bond donors (Lipinski definition) is 1. The third-order valence-corrected chi connectivity index (χ3v) is 7.27. The lowest BCUT2D eigenvalue weighted by molar-refractivity contribution is -0.142. The van der Waals surface area contributed by atoms with Gasteiger partial charge >= 0.3 is 0 Å². The third kappa shape index (κ3) is 3.69. The van der Waals surface area contributed by atoms with E-state index in [1.54, 1.807) is 4.90 Å². The first kappa shape index (κ1) is 20.0. The lowest BCUT2D eigenvalue weighted by Gasteiger charge is -2.48. The highest BCUT2D eigenvalue weighted by Gasteiger charge is 2.45. The Morgan fingerprint density at radius 2 is 1.86 bits per heavy atom. The van der Waals surface area contributed by atoms with Gasteiger partial charge in [-0.3, -0.25) is 23.9 Å². The summed E-state index contributed by atoms with van der Waals surface area (Å²) in [7, 11) is 0. The highest BCUT2D eigenvalue weighted by atomic mass is 32.1. The molecule has 0 aromatic carbocycles. The van der Waals surface area contributed by atoms with Gasteiger partial charge in [0, 0.05) is 18.0 Å². The fourth-order valence-corrected chi connectivity index (χ4v) is 5.44. The van der Waals surface area contributed by atoms with E-state index in [1.165, 1.54) is 28.7 Å². The van der Waals surface area contributed by atoms with Crippen LogP contribution in [-0.2, 0) is 16.1 Å². The molecule has 0 atom stereocenters. The zero-order valence-corrected chi connectivity index (χ0v) is 17.5. The quantitative estimate of drug-likeness (QED) is 0.803. The molecule has 2 amide bonds. The second-order valence-electron chi connectivity index (χ2n) is 8.08. The molecule has 2 aromatic rings. The Balaban J connectivity index is 1.45. The van der Waals surface area contributed by atoms with Crippen LogP contribution in [0.1, 0.15) is 37.0 Å². The number of amides is 2. The Labute approximate surface area is 173 Å². The maximum Gasteiger partial charge on any atom is 0.262 e. The minimum Gasteiger partial charge on any atom is -0.368 e. The highest BCUT2D eigenvalue weighted by molar-refractivity contribution is 7.18. The number of piperidine rings is 2. The van der Waals surface area contributed by atoms with Crippen molar-refractivity contribution in [2.24, 2.45) is 5.73 Å². The number of thiophene rings is 1. The summed E-state index contributed by atoms with van der Waals surface area (Å²) in [5, 5.41) is 0.555. The van der Waals surface area contributed by atoms with Gasteiger partial charge in [0.25, 0.3) is 5.56 Å². The molecule has 2 aliphatic rings. The van der Waals surface area contributed by atoms with Crippen LogP contribution in [0, 0.1) is 6.92 Å². The highest BCUT2D eigenvalue weighted by Crippen LogP contribution is 2.31. The number of aryl methyl sites for hydroxylation is 1. The molecular formula is C20H27N5O3S. The summed E-state index contributed by atoms with van der Waals surface area (Å²) < 4.78 is 1.37. The zero-order valence-electron chi connectivity index (χ0n) is 16.7. The van der Waals surface area contributed by atoms with Crippen molar-refractivity contribution >= 4 is 33.4 Å². The van der Waals surface area contributed by atoms with Crippen molar-refractivity contribution in [3.63, 3.8) is 0 Å². The first-order valence-electron chi connectivity index (χ1n) is 10.2. The summed E-state index contributed by atoms with van der Waals surface area (Å²) in [5.74, 6) is -0.415. The van der Waals surface area contributed by atoms with E-state index < -0.39 is 5.54 Å². The largest absolute Gasteiger partial charge is 0.368 e. The van der Waals surface area contributed by atoms with Crippen molar-refractivity contribution < 1.29 is 9.59 Å². The number of nitrogens with zero attached hydrogens (tertiary/aromatic N) is 4. The second-order valence-corrected chi connectivity index (χ2v) is 9.31. The maximum absolute atomic E-state index is 12.8. The number of primary amides is 1. The van der Waals surface area contributed by atoms with Crippen LogP contribution in [0.4, 0.5) is 0 Å². The van der Waals surface area contributed by atoms with E-state index in [0.717, 1.165) is 30.8 Å². The fraction of sp³-hybridized carbons (Fsp3) is 0.600. The number of nitrogens with two attached hydrogens (primary N) is 1. The Morgan fingerprint density at radius 3 is 2.52 bits per heavy atom. The van der Waals surface area contributed by atoms with Gasteiger partial charge in [-0.25, -0.2) is 4.98 Å². The smallest absolute Gasteiger partial charge is 0.262 e. The molecule has 2 N–H and O–H groups in total. The van der Waals surface area contributed by atoms with Gasteiger partial charge in [-0.1, -0.05) is 6.42 Å². The molecule has 0 bridgehead atoms. The molecule has 0 aliphatic carbocycles. The van der Waals surface area contributed by atoms with Crippen molar-refractivity contribution in [3.8, 4) is 0 Å². The van der Waals surface area contributed by atoms with E-state index in [2.05, 4.69) is 9.88 Å². The van der Waals surface area contributed by atoms with Crippen LogP contribution in [0.15, 0.2) is 17.2 Å². The van der Waals surface area contributed by atoms with Crippen LogP contribution in [0.3, 0.4) is 0 Å². The topological polar surface area (TPSA) is 102 Å². The van der Waals surface area contributed by atoms with Gasteiger partial charge in [0.2, 0.25) is 11.8 Å². The van der Waals surface area contributed by atoms with Crippen molar-refractivity contribution in [1.29, 1.82) is 0 Å². The average molecular weight is 418 g/mol. The van der Waals surface area contributed by atoms with Crippen LogP contribution in [-0.4, -0.2) is 62.9 Å². The lowest BCUT2D eigenvalue weighted by Crippen LogP contribution is -2.63. The Bertz CT molecular complexity index is 984. The minimum atomic E-state index is -0.650. The third-order valence-electron chi connectivity index (χ3n) is 6.31. The molecule has 0 saturated carbocycles. The number of carbonyl (C=O) groups is 2. The SMILES string of the molecule is Cc1cc2c(=O)n(CC(=O)N3CCC(C(N)=O)(N4CCCCC4)CC3)cnc2s1. The van der Waals surface area contributed by atoms with Gasteiger partial charge in [0.05, 0.1) is 11.7 Å². The molecule has 0 spiro atoms. The summed E-state index contributed by atoms with van der Waals surface area (Å²) in [4.78, 5) is 47.8. The van der Waals surface area contributed by atoms with Gasteiger partial charge in [-0.15, -0.1) is 11.3 Å². The predicted octanol–water partition coefficient (Wildman–Crippen LogP) is 1.10. The monoisotopic (exact) mass is 417 g/mol. The first-order valence-corrected chi connectivity index (χ1v) is 11.0. The summed E-state index contributed by atoms with van der Waals surface area (Å²) in [6, 6.07) is 1.82. The molecule has 0 radical (unpaired) electrons. The molecule has 4 heterocycles. The van der Waals surface area contributed by atoms with Crippen molar-refractivity contribution in [3.05, 3.63) is 27.6 Å². The molecule has 156 valence electrons. The zero-order chi connectivity index (χ0) is 20.6. The van der Waals surface area contributed by atoms with Gasteiger partial charge in [0.1, 0.15) is 16.9 Å². The summed E-state index contributed by atoms with van der Waals surface area (Å²) in [6.07, 6.45) is 5.89. The van der Waals surface area contributed by atoms with E-state index in [0.29, 0.717) is 36.1 Å². The number of aromatic nitrogens is 2. The van der Waals surface area contributed by atoms with Gasteiger partial charge in [0.15, 0.2) is 0 Å². The van der Waals surface area contributed by atoms with E-state index in [9.17, 15) is 14.4 Å².